The summed E-state index contributed by atoms with van der Waals surface area (Å²) in [6, 6.07) is 6.19. The molecule has 0 fully saturated rings. The number of aromatic amines is 1. The van der Waals surface area contributed by atoms with E-state index in [2.05, 4.69) is 41.8 Å². The van der Waals surface area contributed by atoms with Gasteiger partial charge in [0.15, 0.2) is 5.78 Å². The minimum Gasteiger partial charge on any atom is -0.358 e. The third-order valence-electron chi connectivity index (χ3n) is 4.63. The molecular weight excluding hydrogens is 314 g/mol. The summed E-state index contributed by atoms with van der Waals surface area (Å²) in [6.07, 6.45) is 3.16. The van der Waals surface area contributed by atoms with Crippen LogP contribution in [0.5, 0.6) is 0 Å². The second kappa shape index (κ2) is 6.39. The summed E-state index contributed by atoms with van der Waals surface area (Å²) in [7, 11) is 0. The molecule has 2 aromatic rings. The number of amides is 1. The first-order valence-electron chi connectivity index (χ1n) is 8.59. The Bertz CT molecular complexity index is 874. The number of hydrogen-bond acceptors (Lipinski definition) is 3. The molecule has 1 aromatic carbocycles. The van der Waals surface area contributed by atoms with Crippen LogP contribution >= 0.6 is 0 Å². The molecule has 5 heteroatoms. The summed E-state index contributed by atoms with van der Waals surface area (Å²) in [4.78, 5) is 27.5. The molecule has 0 saturated carbocycles. The maximum atomic E-state index is 12.4. The molecule has 1 aliphatic rings. The van der Waals surface area contributed by atoms with Gasteiger partial charge in [0, 0.05) is 34.8 Å². The molecule has 0 aliphatic heterocycles. The van der Waals surface area contributed by atoms with Crippen molar-refractivity contribution in [3.63, 3.8) is 0 Å². The van der Waals surface area contributed by atoms with E-state index in [-0.39, 0.29) is 23.5 Å². The molecule has 0 radical (unpaired) electrons. The Morgan fingerprint density at radius 1 is 1.24 bits per heavy atom. The third kappa shape index (κ3) is 3.92. The molecule has 0 bridgehead atoms. The lowest BCUT2D eigenvalue weighted by Gasteiger charge is -2.29. The van der Waals surface area contributed by atoms with Crippen molar-refractivity contribution in [2.45, 2.75) is 47.0 Å². The lowest BCUT2D eigenvalue weighted by atomic mass is 9.79. The Kier molecular flexibility index (Phi) is 4.41. The van der Waals surface area contributed by atoms with Gasteiger partial charge in [-0.1, -0.05) is 25.5 Å². The molecule has 3 N–H and O–H groups in total. The monoisotopic (exact) mass is 339 g/mol. The van der Waals surface area contributed by atoms with Gasteiger partial charge in [-0.2, -0.15) is 0 Å². The fourth-order valence-corrected chi connectivity index (χ4v) is 3.51. The quantitative estimate of drug-likeness (QED) is 0.749. The maximum absolute atomic E-state index is 12.4. The van der Waals surface area contributed by atoms with Crippen LogP contribution in [0, 0.1) is 19.3 Å². The average Bonchev–Trinajstić information content (AvgIpc) is 2.79. The highest BCUT2D eigenvalue weighted by atomic mass is 16.2. The van der Waals surface area contributed by atoms with Crippen LogP contribution in [0.4, 0.5) is 0 Å². The summed E-state index contributed by atoms with van der Waals surface area (Å²) >= 11 is 0. The lowest BCUT2D eigenvalue weighted by Crippen LogP contribution is -2.40. The maximum Gasteiger partial charge on any atom is 0.242 e. The van der Waals surface area contributed by atoms with Crippen molar-refractivity contribution in [1.82, 2.24) is 15.8 Å². The Morgan fingerprint density at radius 3 is 2.72 bits per heavy atom. The van der Waals surface area contributed by atoms with Gasteiger partial charge < -0.3 is 10.4 Å². The highest BCUT2D eigenvalue weighted by Gasteiger charge is 2.27. The first kappa shape index (κ1) is 17.3. The van der Waals surface area contributed by atoms with E-state index in [0.717, 1.165) is 34.3 Å². The standard InChI is InChI=1S/C20H25N3O2/c1-12-5-6-18-17(7-12)16(13(2)21-18)9-19(25)23-22-14-8-15(24)11-20(3,4)10-14/h5-8,21-22H,9-11H2,1-4H3,(H,23,25). The van der Waals surface area contributed by atoms with Crippen molar-refractivity contribution in [2.75, 3.05) is 0 Å². The van der Waals surface area contributed by atoms with E-state index in [9.17, 15) is 9.59 Å². The van der Waals surface area contributed by atoms with E-state index in [4.69, 9.17) is 0 Å². The van der Waals surface area contributed by atoms with Crippen molar-refractivity contribution in [3.8, 4) is 0 Å². The van der Waals surface area contributed by atoms with Gasteiger partial charge in [-0.3, -0.25) is 15.0 Å². The van der Waals surface area contributed by atoms with E-state index in [1.165, 1.54) is 5.56 Å². The fraction of sp³-hybridized carbons (Fsp3) is 0.400. The number of benzene rings is 1. The molecule has 132 valence electrons. The number of carbonyl (C=O) groups excluding carboxylic acids is 2. The van der Waals surface area contributed by atoms with Gasteiger partial charge in [0.25, 0.3) is 0 Å². The predicted octanol–water partition coefficient (Wildman–Crippen LogP) is 3.22. The number of H-pyrrole nitrogens is 1. The van der Waals surface area contributed by atoms with Gasteiger partial charge >= 0.3 is 0 Å². The molecule has 0 spiro atoms. The third-order valence-corrected chi connectivity index (χ3v) is 4.63. The molecule has 1 aromatic heterocycles. The highest BCUT2D eigenvalue weighted by Crippen LogP contribution is 2.32. The molecule has 0 unspecified atom stereocenters. The molecule has 1 heterocycles. The first-order valence-corrected chi connectivity index (χ1v) is 8.59. The number of fused-ring (bicyclic) bond motifs is 1. The van der Waals surface area contributed by atoms with Crippen LogP contribution < -0.4 is 10.9 Å². The zero-order chi connectivity index (χ0) is 18.2. The SMILES string of the molecule is Cc1ccc2[nH]c(C)c(CC(=O)NNC3=CC(=O)CC(C)(C)C3)c2c1. The summed E-state index contributed by atoms with van der Waals surface area (Å²) in [5.74, 6) is -0.0295. The normalized spacial score (nSPS) is 16.6. The van der Waals surface area contributed by atoms with Crippen molar-refractivity contribution in [2.24, 2.45) is 5.41 Å². The van der Waals surface area contributed by atoms with Gasteiger partial charge in [0.1, 0.15) is 0 Å². The highest BCUT2D eigenvalue weighted by molar-refractivity contribution is 5.92. The molecule has 0 saturated heterocycles. The number of nitrogens with one attached hydrogen (secondary N) is 3. The predicted molar refractivity (Wildman–Crippen MR) is 98.9 cm³/mol. The largest absolute Gasteiger partial charge is 0.358 e. The van der Waals surface area contributed by atoms with Gasteiger partial charge in [0.2, 0.25) is 5.91 Å². The second-order valence-corrected chi connectivity index (χ2v) is 7.78. The van der Waals surface area contributed by atoms with Crippen LogP contribution in [0.2, 0.25) is 0 Å². The van der Waals surface area contributed by atoms with Gasteiger partial charge in [-0.05, 0) is 43.4 Å². The number of hydrazine groups is 1. The zero-order valence-electron chi connectivity index (χ0n) is 15.2. The number of carbonyl (C=O) groups is 2. The van der Waals surface area contributed by atoms with Crippen molar-refractivity contribution >= 4 is 22.6 Å². The minimum atomic E-state index is -0.123. The van der Waals surface area contributed by atoms with Crippen LogP contribution in [0.15, 0.2) is 30.0 Å². The Balaban J connectivity index is 1.69. The molecule has 3 rings (SSSR count). The number of allylic oxidation sites excluding steroid dienone is 2. The van der Waals surface area contributed by atoms with Crippen molar-refractivity contribution < 1.29 is 9.59 Å². The average molecular weight is 339 g/mol. The van der Waals surface area contributed by atoms with Crippen LogP contribution in [0.25, 0.3) is 10.9 Å². The van der Waals surface area contributed by atoms with E-state index in [1.807, 2.05) is 19.9 Å². The van der Waals surface area contributed by atoms with Gasteiger partial charge in [-0.15, -0.1) is 0 Å². The molecular formula is C20H25N3O2. The van der Waals surface area contributed by atoms with E-state index in [0.29, 0.717) is 6.42 Å². The van der Waals surface area contributed by atoms with Crippen LogP contribution in [0.3, 0.4) is 0 Å². The van der Waals surface area contributed by atoms with Crippen LogP contribution in [0.1, 0.15) is 43.5 Å². The lowest BCUT2D eigenvalue weighted by molar-refractivity contribution is -0.121. The number of aryl methyl sites for hydroxylation is 2. The minimum absolute atomic E-state index is 0.0795. The summed E-state index contributed by atoms with van der Waals surface area (Å²) in [5, 5.41) is 1.08. The van der Waals surface area contributed by atoms with E-state index < -0.39 is 0 Å². The van der Waals surface area contributed by atoms with Crippen molar-refractivity contribution in [1.29, 1.82) is 0 Å². The Hall–Kier alpha value is -2.56. The molecule has 25 heavy (non-hydrogen) atoms. The van der Waals surface area contributed by atoms with Crippen molar-refractivity contribution in [3.05, 3.63) is 46.8 Å². The fourth-order valence-electron chi connectivity index (χ4n) is 3.51. The summed E-state index contributed by atoms with van der Waals surface area (Å²) in [5.41, 5.74) is 10.6. The number of ketones is 1. The Morgan fingerprint density at radius 2 is 2.00 bits per heavy atom. The van der Waals surface area contributed by atoms with Gasteiger partial charge in [0.05, 0.1) is 6.42 Å². The summed E-state index contributed by atoms with van der Waals surface area (Å²) < 4.78 is 0. The number of aromatic nitrogens is 1. The van der Waals surface area contributed by atoms with Gasteiger partial charge in [-0.25, -0.2) is 0 Å². The Labute approximate surface area is 147 Å². The van der Waals surface area contributed by atoms with Crippen LogP contribution in [-0.2, 0) is 16.0 Å². The first-order chi connectivity index (χ1) is 11.7. The molecule has 5 nitrogen and oxygen atoms in total. The molecule has 1 amide bonds. The van der Waals surface area contributed by atoms with E-state index in [1.54, 1.807) is 6.08 Å². The molecule has 0 atom stereocenters. The van der Waals surface area contributed by atoms with Crippen LogP contribution in [-0.4, -0.2) is 16.7 Å². The number of rotatable bonds is 4. The molecule has 1 aliphatic carbocycles. The smallest absolute Gasteiger partial charge is 0.242 e. The number of hydrogen-bond donors (Lipinski definition) is 3. The zero-order valence-corrected chi connectivity index (χ0v) is 15.2. The topological polar surface area (TPSA) is 74.0 Å². The second-order valence-electron chi connectivity index (χ2n) is 7.78. The summed E-state index contributed by atoms with van der Waals surface area (Å²) in [6.45, 7) is 8.13. The van der Waals surface area contributed by atoms with E-state index >= 15 is 0 Å².